The van der Waals surface area contributed by atoms with Crippen molar-refractivity contribution in [3.8, 4) is 16.9 Å². The van der Waals surface area contributed by atoms with Crippen LogP contribution in [0.1, 0.15) is 15.9 Å². The molecule has 5 heteroatoms. The minimum absolute atomic E-state index is 0.148. The summed E-state index contributed by atoms with van der Waals surface area (Å²) in [5.41, 5.74) is 3.37. The number of benzene rings is 4. The predicted octanol–water partition coefficient (Wildman–Crippen LogP) is 6.54. The summed E-state index contributed by atoms with van der Waals surface area (Å²) in [5.74, 6) is -0.148. The maximum Gasteiger partial charge on any atom is 0.330 e. The summed E-state index contributed by atoms with van der Waals surface area (Å²) in [6.45, 7) is 0. The summed E-state index contributed by atoms with van der Waals surface area (Å²) in [6, 6.07) is 28.4. The van der Waals surface area contributed by atoms with E-state index in [4.69, 9.17) is 11.6 Å². The molecule has 0 unspecified atom stereocenters. The Morgan fingerprint density at radius 1 is 0.848 bits per heavy atom. The fourth-order valence-electron chi connectivity index (χ4n) is 3.74. The number of rotatable bonds is 5. The second kappa shape index (κ2) is 8.77. The third kappa shape index (κ3) is 4.43. The molecule has 0 saturated carbocycles. The summed E-state index contributed by atoms with van der Waals surface area (Å²) < 4.78 is 1.52. The molecule has 0 saturated heterocycles. The molecule has 0 aliphatic heterocycles. The number of carbonyl (C=O) groups is 1. The summed E-state index contributed by atoms with van der Waals surface area (Å²) in [5, 5.41) is 2.88. The normalized spacial score (nSPS) is 11.3. The van der Waals surface area contributed by atoms with Gasteiger partial charge in [-0.3, -0.25) is 9.36 Å². The first-order valence-corrected chi connectivity index (χ1v) is 10.8. The second-order valence-electron chi connectivity index (χ2n) is 7.70. The molecule has 5 aromatic rings. The molecule has 160 valence electrons. The predicted molar refractivity (Wildman–Crippen MR) is 134 cm³/mol. The SMILES string of the molecule is O=C(/C=C/c1ccc(Cl)cc1)c1cccc(-n2cc(-c3ccc4ccccc4c3)[nH]c2=O)c1. The van der Waals surface area contributed by atoms with Gasteiger partial charge in [0.1, 0.15) is 0 Å². The molecular formula is C28H19ClN2O2. The Labute approximate surface area is 195 Å². The van der Waals surface area contributed by atoms with E-state index in [2.05, 4.69) is 11.1 Å². The zero-order valence-corrected chi connectivity index (χ0v) is 18.3. The van der Waals surface area contributed by atoms with Crippen molar-refractivity contribution in [2.24, 2.45) is 0 Å². The van der Waals surface area contributed by atoms with Crippen LogP contribution in [0.3, 0.4) is 0 Å². The number of aromatic amines is 1. The number of nitrogens with zero attached hydrogens (tertiary/aromatic N) is 1. The highest BCUT2D eigenvalue weighted by atomic mass is 35.5. The van der Waals surface area contributed by atoms with Crippen molar-refractivity contribution < 1.29 is 4.79 Å². The van der Waals surface area contributed by atoms with Crippen LogP contribution in [0.25, 0.3) is 33.8 Å². The highest BCUT2D eigenvalue weighted by Crippen LogP contribution is 2.23. The first-order chi connectivity index (χ1) is 16.1. The molecule has 0 atom stereocenters. The number of allylic oxidation sites excluding steroid dienone is 1. The van der Waals surface area contributed by atoms with Crippen LogP contribution in [0.4, 0.5) is 0 Å². The number of imidazole rings is 1. The van der Waals surface area contributed by atoms with Crippen LogP contribution in [0.5, 0.6) is 0 Å². The van der Waals surface area contributed by atoms with Crippen LogP contribution in [-0.4, -0.2) is 15.3 Å². The van der Waals surface area contributed by atoms with Crippen molar-refractivity contribution >= 4 is 34.2 Å². The molecule has 0 fully saturated rings. The van der Waals surface area contributed by atoms with E-state index < -0.39 is 0 Å². The van der Waals surface area contributed by atoms with Crippen LogP contribution in [0.15, 0.2) is 108 Å². The van der Waals surface area contributed by atoms with E-state index in [-0.39, 0.29) is 11.5 Å². The van der Waals surface area contributed by atoms with E-state index in [9.17, 15) is 9.59 Å². The van der Waals surface area contributed by atoms with Crippen LogP contribution in [0.2, 0.25) is 5.02 Å². The zero-order chi connectivity index (χ0) is 22.8. The van der Waals surface area contributed by atoms with Gasteiger partial charge < -0.3 is 4.98 Å². The Bertz CT molecular complexity index is 1560. The summed E-state index contributed by atoms with van der Waals surface area (Å²) in [4.78, 5) is 28.3. The van der Waals surface area contributed by atoms with E-state index in [1.54, 1.807) is 48.7 Å². The molecule has 0 radical (unpaired) electrons. The van der Waals surface area contributed by atoms with Crippen LogP contribution < -0.4 is 5.69 Å². The van der Waals surface area contributed by atoms with Crippen LogP contribution >= 0.6 is 11.6 Å². The molecular weight excluding hydrogens is 432 g/mol. The zero-order valence-electron chi connectivity index (χ0n) is 17.5. The van der Waals surface area contributed by atoms with Gasteiger partial charge in [0.05, 0.1) is 11.4 Å². The lowest BCUT2D eigenvalue weighted by atomic mass is 10.1. The number of hydrogen-bond acceptors (Lipinski definition) is 2. The number of aromatic nitrogens is 2. The Morgan fingerprint density at radius 3 is 2.45 bits per heavy atom. The number of ketones is 1. The molecule has 4 nitrogen and oxygen atoms in total. The van der Waals surface area contributed by atoms with E-state index in [1.165, 1.54) is 10.6 Å². The Kier molecular flexibility index (Phi) is 5.51. The van der Waals surface area contributed by atoms with E-state index in [1.807, 2.05) is 48.5 Å². The number of nitrogens with one attached hydrogen (secondary N) is 1. The minimum Gasteiger partial charge on any atom is -0.305 e. The number of fused-ring (bicyclic) bond motifs is 1. The summed E-state index contributed by atoms with van der Waals surface area (Å²) in [7, 11) is 0. The van der Waals surface area contributed by atoms with Gasteiger partial charge in [-0.15, -0.1) is 0 Å². The number of carbonyl (C=O) groups excluding carboxylic acids is 1. The minimum atomic E-state index is -0.264. The fraction of sp³-hybridized carbons (Fsp3) is 0. The van der Waals surface area contributed by atoms with Crippen LogP contribution in [-0.2, 0) is 0 Å². The van der Waals surface area contributed by atoms with Crippen LogP contribution in [0, 0.1) is 0 Å². The van der Waals surface area contributed by atoms with Crippen molar-refractivity contribution in [1.29, 1.82) is 0 Å². The average molecular weight is 451 g/mol. The van der Waals surface area contributed by atoms with Crippen molar-refractivity contribution in [3.63, 3.8) is 0 Å². The van der Waals surface area contributed by atoms with E-state index in [0.29, 0.717) is 22.0 Å². The van der Waals surface area contributed by atoms with Gasteiger partial charge in [-0.25, -0.2) is 4.79 Å². The van der Waals surface area contributed by atoms with E-state index in [0.717, 1.165) is 21.9 Å². The molecule has 1 heterocycles. The van der Waals surface area contributed by atoms with Crippen molar-refractivity contribution in [2.45, 2.75) is 0 Å². The number of hydrogen-bond donors (Lipinski definition) is 1. The van der Waals surface area contributed by atoms with Crippen molar-refractivity contribution in [1.82, 2.24) is 9.55 Å². The van der Waals surface area contributed by atoms with Gasteiger partial charge >= 0.3 is 5.69 Å². The Balaban J connectivity index is 1.43. The molecule has 0 spiro atoms. The highest BCUT2D eigenvalue weighted by Gasteiger charge is 2.10. The lowest BCUT2D eigenvalue weighted by molar-refractivity contribution is 0.104. The molecule has 0 bridgehead atoms. The van der Waals surface area contributed by atoms with Gasteiger partial charge in [-0.1, -0.05) is 78.3 Å². The van der Waals surface area contributed by atoms with Gasteiger partial charge in [0.2, 0.25) is 0 Å². The van der Waals surface area contributed by atoms with Gasteiger partial charge in [0, 0.05) is 22.3 Å². The monoisotopic (exact) mass is 450 g/mol. The Hall–Kier alpha value is -4.15. The highest BCUT2D eigenvalue weighted by molar-refractivity contribution is 6.30. The van der Waals surface area contributed by atoms with Gasteiger partial charge in [-0.2, -0.15) is 0 Å². The molecule has 0 amide bonds. The molecule has 1 aromatic heterocycles. The molecule has 0 aliphatic carbocycles. The lowest BCUT2D eigenvalue weighted by Crippen LogP contribution is -2.14. The number of H-pyrrole nitrogens is 1. The summed E-state index contributed by atoms with van der Waals surface area (Å²) in [6.07, 6.45) is 5.02. The molecule has 4 aromatic carbocycles. The largest absolute Gasteiger partial charge is 0.330 e. The first-order valence-electron chi connectivity index (χ1n) is 10.5. The van der Waals surface area contributed by atoms with Crippen molar-refractivity contribution in [3.05, 3.63) is 130 Å². The van der Waals surface area contributed by atoms with E-state index >= 15 is 0 Å². The topological polar surface area (TPSA) is 54.9 Å². The van der Waals surface area contributed by atoms with Gasteiger partial charge in [0.25, 0.3) is 0 Å². The standard InChI is InChI=1S/C28H19ClN2O2/c29-24-13-8-19(9-14-24)10-15-27(32)23-6-3-7-25(17-23)31-18-26(30-28(31)33)22-12-11-20-4-1-2-5-21(20)16-22/h1-18H,(H,30,33)/b15-10+. The quantitative estimate of drug-likeness (QED) is 0.244. The second-order valence-corrected chi connectivity index (χ2v) is 8.14. The maximum atomic E-state index is 12.7. The molecule has 33 heavy (non-hydrogen) atoms. The fourth-order valence-corrected chi connectivity index (χ4v) is 3.87. The smallest absolute Gasteiger partial charge is 0.305 e. The van der Waals surface area contributed by atoms with Gasteiger partial charge in [0.15, 0.2) is 5.78 Å². The molecule has 5 rings (SSSR count). The van der Waals surface area contributed by atoms with Crippen molar-refractivity contribution in [2.75, 3.05) is 0 Å². The van der Waals surface area contributed by atoms with Gasteiger partial charge in [-0.05, 0) is 52.7 Å². The summed E-state index contributed by atoms with van der Waals surface area (Å²) >= 11 is 5.90. The molecule has 1 N–H and O–H groups in total. The molecule has 0 aliphatic rings. The average Bonchev–Trinajstić information content (AvgIpc) is 3.25. The lowest BCUT2D eigenvalue weighted by Gasteiger charge is -2.04. The third-order valence-corrected chi connectivity index (χ3v) is 5.74. The third-order valence-electron chi connectivity index (χ3n) is 5.49. The maximum absolute atomic E-state index is 12.7. The first kappa shape index (κ1) is 20.7. The number of halogens is 1. The Morgan fingerprint density at radius 2 is 1.64 bits per heavy atom.